The molecule has 0 radical (unpaired) electrons. The van der Waals surface area contributed by atoms with E-state index in [0.29, 0.717) is 12.2 Å². The Morgan fingerprint density at radius 3 is 0.900 bits per heavy atom. The van der Waals surface area contributed by atoms with E-state index < -0.39 is 23.9 Å². The van der Waals surface area contributed by atoms with Gasteiger partial charge in [0, 0.05) is 0 Å². The van der Waals surface area contributed by atoms with Crippen molar-refractivity contribution in [3.63, 3.8) is 0 Å². The second-order valence-corrected chi connectivity index (χ2v) is 2.87. The SMILES string of the molecule is CC(=CC(=O)[O-])C(=O)[O-].CC(=CC(=O)[O-])C(=O)[O-].[Mg+2].[Mg+2]. The van der Waals surface area contributed by atoms with E-state index in [0.717, 1.165) is 13.8 Å². The molecule has 8 nitrogen and oxygen atoms in total. The first-order valence-corrected chi connectivity index (χ1v) is 4.29. The zero-order chi connectivity index (χ0) is 14.9. The molecule has 0 aromatic carbocycles. The maximum atomic E-state index is 9.76. The summed E-state index contributed by atoms with van der Waals surface area (Å²) in [7, 11) is 0. The van der Waals surface area contributed by atoms with Crippen LogP contribution < -0.4 is 20.4 Å². The molecule has 0 atom stereocenters. The van der Waals surface area contributed by atoms with Crippen LogP contribution in [0.3, 0.4) is 0 Å². The van der Waals surface area contributed by atoms with Crippen molar-refractivity contribution in [1.82, 2.24) is 0 Å². The molecule has 0 heterocycles. The van der Waals surface area contributed by atoms with Crippen molar-refractivity contribution < 1.29 is 39.6 Å². The van der Waals surface area contributed by atoms with Gasteiger partial charge in [0.25, 0.3) is 0 Å². The molecular formula is C10H8Mg2O8. The average Bonchev–Trinajstić information content (AvgIpc) is 2.16. The Morgan fingerprint density at radius 2 is 0.850 bits per heavy atom. The number of hydrogen-bond donors (Lipinski definition) is 0. The van der Waals surface area contributed by atoms with Crippen molar-refractivity contribution in [1.29, 1.82) is 0 Å². The van der Waals surface area contributed by atoms with Crippen LogP contribution in [0.4, 0.5) is 0 Å². The Balaban J connectivity index is -0.000000116. The first-order chi connectivity index (χ1) is 8.07. The van der Waals surface area contributed by atoms with Gasteiger partial charge in [-0.25, -0.2) is 0 Å². The number of carbonyl (C=O) groups excluding carboxylic acids is 4. The summed E-state index contributed by atoms with van der Waals surface area (Å²) in [6.45, 7) is 2.23. The van der Waals surface area contributed by atoms with Crippen LogP contribution in [0.1, 0.15) is 13.8 Å². The molecule has 0 rings (SSSR count). The van der Waals surface area contributed by atoms with Crippen LogP contribution in [0.2, 0.25) is 0 Å². The molecule has 0 aliphatic carbocycles. The molecule has 0 unspecified atom stereocenters. The van der Waals surface area contributed by atoms with Gasteiger partial charge in [-0.15, -0.1) is 0 Å². The minimum absolute atomic E-state index is 0. The summed E-state index contributed by atoms with van der Waals surface area (Å²) in [6, 6.07) is 0. The van der Waals surface area contributed by atoms with Crippen LogP contribution in [0, 0.1) is 0 Å². The van der Waals surface area contributed by atoms with E-state index in [9.17, 15) is 39.6 Å². The average molecular weight is 305 g/mol. The van der Waals surface area contributed by atoms with Gasteiger partial charge in [0.15, 0.2) is 0 Å². The van der Waals surface area contributed by atoms with Crippen LogP contribution >= 0.6 is 0 Å². The molecule has 0 saturated heterocycles. The molecule has 0 aliphatic heterocycles. The van der Waals surface area contributed by atoms with E-state index in [-0.39, 0.29) is 57.3 Å². The van der Waals surface area contributed by atoms with Gasteiger partial charge < -0.3 is 39.6 Å². The van der Waals surface area contributed by atoms with Crippen molar-refractivity contribution in [2.24, 2.45) is 0 Å². The third-order valence-corrected chi connectivity index (χ3v) is 1.31. The third-order valence-electron chi connectivity index (χ3n) is 1.31. The van der Waals surface area contributed by atoms with E-state index in [1.165, 1.54) is 0 Å². The van der Waals surface area contributed by atoms with Gasteiger partial charge in [0.2, 0.25) is 0 Å². The fraction of sp³-hybridized carbons (Fsp3) is 0.200. The summed E-state index contributed by atoms with van der Waals surface area (Å²) >= 11 is 0. The van der Waals surface area contributed by atoms with Crippen molar-refractivity contribution in [3.8, 4) is 0 Å². The molecule has 0 aromatic rings. The summed E-state index contributed by atoms with van der Waals surface area (Å²) < 4.78 is 0. The molecule has 100 valence electrons. The van der Waals surface area contributed by atoms with Crippen LogP contribution in [-0.4, -0.2) is 70.0 Å². The number of hydrogen-bond acceptors (Lipinski definition) is 8. The van der Waals surface area contributed by atoms with Crippen molar-refractivity contribution in [2.75, 3.05) is 0 Å². The van der Waals surface area contributed by atoms with Gasteiger partial charge in [0.1, 0.15) is 0 Å². The monoisotopic (exact) mass is 304 g/mol. The molecule has 20 heavy (non-hydrogen) atoms. The molecule has 0 aliphatic rings. The maximum absolute atomic E-state index is 9.76. The Bertz CT molecular complexity index is 385. The Labute approximate surface area is 146 Å². The molecular weight excluding hydrogens is 297 g/mol. The smallest absolute Gasteiger partial charge is 0.545 e. The van der Waals surface area contributed by atoms with Crippen LogP contribution in [0.25, 0.3) is 0 Å². The summed E-state index contributed by atoms with van der Waals surface area (Å²) in [5, 5.41) is 38.8. The van der Waals surface area contributed by atoms with Gasteiger partial charge in [-0.3, -0.25) is 0 Å². The summed E-state index contributed by atoms with van der Waals surface area (Å²) in [5.41, 5.74) is -0.704. The Kier molecular flexibility index (Phi) is 19.5. The fourth-order valence-corrected chi connectivity index (χ4v) is 0.471. The standard InChI is InChI=1S/2C5H6O4.2Mg/c2*1-3(5(8)9)2-4(6)7;;/h2*2H,1H3,(H,6,7)(H,8,9);;/q;;2*+2/p-4. The molecule has 0 spiro atoms. The number of carboxylic acid groups (broad SMARTS) is 4. The summed E-state index contributed by atoms with van der Waals surface area (Å²) in [6.07, 6.45) is 0.935. The first kappa shape index (κ1) is 27.3. The van der Waals surface area contributed by atoms with Crippen molar-refractivity contribution >= 4 is 70.0 Å². The van der Waals surface area contributed by atoms with Crippen LogP contribution in [0.15, 0.2) is 23.3 Å². The summed E-state index contributed by atoms with van der Waals surface area (Å²) in [4.78, 5) is 38.8. The normalized spacial score (nSPS) is 9.90. The largest absolute Gasteiger partial charge is 2.00 e. The number of aliphatic carboxylic acids is 4. The zero-order valence-electron chi connectivity index (χ0n) is 10.8. The number of carbonyl (C=O) groups is 4. The molecule has 0 N–H and O–H groups in total. The van der Waals surface area contributed by atoms with Gasteiger partial charge in [-0.2, -0.15) is 0 Å². The first-order valence-electron chi connectivity index (χ1n) is 4.29. The quantitative estimate of drug-likeness (QED) is 0.366. The second-order valence-electron chi connectivity index (χ2n) is 2.87. The predicted octanol–water partition coefficient (Wildman–Crippen LogP) is -5.90. The van der Waals surface area contributed by atoms with Crippen LogP contribution in [0.5, 0.6) is 0 Å². The number of rotatable bonds is 4. The van der Waals surface area contributed by atoms with E-state index in [1.54, 1.807) is 0 Å². The van der Waals surface area contributed by atoms with E-state index in [4.69, 9.17) is 0 Å². The van der Waals surface area contributed by atoms with E-state index in [1.807, 2.05) is 0 Å². The Hall–Kier alpha value is -1.11. The minimum Gasteiger partial charge on any atom is -0.545 e. The van der Waals surface area contributed by atoms with Gasteiger partial charge >= 0.3 is 46.1 Å². The molecule has 0 aromatic heterocycles. The molecule has 0 amide bonds. The predicted molar refractivity (Wildman–Crippen MR) is 59.1 cm³/mol. The van der Waals surface area contributed by atoms with E-state index in [2.05, 4.69) is 0 Å². The third kappa shape index (κ3) is 19.2. The molecule has 0 bridgehead atoms. The van der Waals surface area contributed by atoms with Gasteiger partial charge in [-0.1, -0.05) is 0 Å². The summed E-state index contributed by atoms with van der Waals surface area (Å²) in [5.74, 6) is -6.06. The molecule has 0 fully saturated rings. The van der Waals surface area contributed by atoms with Crippen molar-refractivity contribution in [2.45, 2.75) is 13.8 Å². The minimum atomic E-state index is -1.53. The van der Waals surface area contributed by atoms with Crippen molar-refractivity contribution in [3.05, 3.63) is 23.3 Å². The van der Waals surface area contributed by atoms with Crippen LogP contribution in [-0.2, 0) is 19.2 Å². The van der Waals surface area contributed by atoms with Gasteiger partial charge in [-0.05, 0) is 37.1 Å². The van der Waals surface area contributed by atoms with E-state index >= 15 is 0 Å². The number of carboxylic acids is 4. The maximum Gasteiger partial charge on any atom is 2.00 e. The van der Waals surface area contributed by atoms with Gasteiger partial charge in [0.05, 0.1) is 23.9 Å². The zero-order valence-corrected chi connectivity index (χ0v) is 13.7. The molecule has 0 saturated carbocycles. The molecule has 10 heteroatoms. The Morgan fingerprint density at radius 1 is 0.650 bits per heavy atom. The fourth-order valence-electron chi connectivity index (χ4n) is 0.471. The second kappa shape index (κ2) is 14.3. The topological polar surface area (TPSA) is 161 Å².